The van der Waals surface area contributed by atoms with Crippen LogP contribution in [0.25, 0.3) is 11.0 Å². The Labute approximate surface area is 147 Å². The summed E-state index contributed by atoms with van der Waals surface area (Å²) in [6.45, 7) is 7.13. The van der Waals surface area contributed by atoms with Crippen molar-refractivity contribution in [3.05, 3.63) is 53.6 Å². The number of ether oxygens (including phenoxy) is 2. The van der Waals surface area contributed by atoms with Crippen LogP contribution in [0.1, 0.15) is 11.1 Å². The van der Waals surface area contributed by atoms with Crippen molar-refractivity contribution in [3.8, 4) is 11.6 Å². The summed E-state index contributed by atoms with van der Waals surface area (Å²) >= 11 is 0. The maximum absolute atomic E-state index is 6.15. The van der Waals surface area contributed by atoms with Gasteiger partial charge in [-0.05, 0) is 49.2 Å². The summed E-state index contributed by atoms with van der Waals surface area (Å²) in [6.07, 6.45) is 0. The second-order valence-electron chi connectivity index (χ2n) is 6.29. The molecule has 0 bridgehead atoms. The average Bonchev–Trinajstić information content (AvgIpc) is 2.65. The third-order valence-electron chi connectivity index (χ3n) is 4.52. The molecule has 2 aromatic carbocycles. The van der Waals surface area contributed by atoms with Gasteiger partial charge in [0.15, 0.2) is 5.82 Å². The molecule has 1 fully saturated rings. The number of fused-ring (bicyclic) bond motifs is 1. The Kier molecular flexibility index (Phi) is 4.24. The molecule has 25 heavy (non-hydrogen) atoms. The van der Waals surface area contributed by atoms with Gasteiger partial charge < -0.3 is 14.4 Å². The first kappa shape index (κ1) is 15.8. The quantitative estimate of drug-likeness (QED) is 0.727. The summed E-state index contributed by atoms with van der Waals surface area (Å²) in [4.78, 5) is 11.7. The van der Waals surface area contributed by atoms with E-state index in [0.29, 0.717) is 19.1 Å². The first-order valence-corrected chi connectivity index (χ1v) is 8.55. The van der Waals surface area contributed by atoms with Crippen LogP contribution in [-0.2, 0) is 4.74 Å². The number of benzene rings is 2. The number of para-hydroxylation sites is 2. The second-order valence-corrected chi connectivity index (χ2v) is 6.29. The Balaban J connectivity index is 1.77. The number of hydrogen-bond donors (Lipinski definition) is 0. The van der Waals surface area contributed by atoms with Crippen molar-refractivity contribution in [2.75, 3.05) is 31.2 Å². The Morgan fingerprint density at radius 3 is 2.36 bits per heavy atom. The van der Waals surface area contributed by atoms with Crippen LogP contribution < -0.4 is 9.64 Å². The first-order chi connectivity index (χ1) is 12.2. The lowest BCUT2D eigenvalue weighted by molar-refractivity contribution is 0.122. The molecule has 0 saturated carbocycles. The molecule has 1 aromatic heterocycles. The molecule has 0 N–H and O–H groups in total. The molecule has 0 amide bonds. The van der Waals surface area contributed by atoms with Crippen LogP contribution >= 0.6 is 0 Å². The average molecular weight is 335 g/mol. The van der Waals surface area contributed by atoms with E-state index < -0.39 is 0 Å². The van der Waals surface area contributed by atoms with E-state index in [1.807, 2.05) is 36.4 Å². The molecule has 0 aliphatic carbocycles. The van der Waals surface area contributed by atoms with Gasteiger partial charge in [-0.25, -0.2) is 9.97 Å². The molecule has 1 aliphatic rings. The van der Waals surface area contributed by atoms with Crippen LogP contribution in [0.2, 0.25) is 0 Å². The van der Waals surface area contributed by atoms with Gasteiger partial charge >= 0.3 is 0 Å². The fourth-order valence-corrected chi connectivity index (χ4v) is 2.91. The summed E-state index contributed by atoms with van der Waals surface area (Å²) < 4.78 is 11.6. The molecule has 3 aromatic rings. The van der Waals surface area contributed by atoms with Gasteiger partial charge in [-0.1, -0.05) is 18.2 Å². The van der Waals surface area contributed by atoms with Gasteiger partial charge in [0.25, 0.3) is 5.88 Å². The fourth-order valence-electron chi connectivity index (χ4n) is 2.91. The number of rotatable bonds is 3. The van der Waals surface area contributed by atoms with E-state index in [1.54, 1.807) is 0 Å². The van der Waals surface area contributed by atoms with Crippen molar-refractivity contribution < 1.29 is 9.47 Å². The molecule has 1 aliphatic heterocycles. The minimum Gasteiger partial charge on any atom is -0.436 e. The van der Waals surface area contributed by atoms with Crippen LogP contribution in [0.15, 0.2) is 42.5 Å². The number of aryl methyl sites for hydroxylation is 2. The summed E-state index contributed by atoms with van der Waals surface area (Å²) in [5.74, 6) is 2.10. The molecule has 0 unspecified atom stereocenters. The van der Waals surface area contributed by atoms with Gasteiger partial charge in [0.2, 0.25) is 0 Å². The third kappa shape index (κ3) is 3.28. The molecule has 0 radical (unpaired) electrons. The van der Waals surface area contributed by atoms with Gasteiger partial charge in [0.1, 0.15) is 5.75 Å². The minimum atomic E-state index is 0.545. The Morgan fingerprint density at radius 1 is 0.920 bits per heavy atom. The summed E-state index contributed by atoms with van der Waals surface area (Å²) in [6, 6.07) is 13.9. The first-order valence-electron chi connectivity index (χ1n) is 8.55. The predicted octanol–water partition coefficient (Wildman–Crippen LogP) is 3.88. The molecule has 0 atom stereocenters. The highest BCUT2D eigenvalue weighted by Gasteiger charge is 2.20. The lowest BCUT2D eigenvalue weighted by atomic mass is 10.1. The number of nitrogens with zero attached hydrogens (tertiary/aromatic N) is 3. The summed E-state index contributed by atoms with van der Waals surface area (Å²) in [7, 11) is 0. The lowest BCUT2D eigenvalue weighted by Gasteiger charge is -2.28. The molecule has 5 nitrogen and oxygen atoms in total. The van der Waals surface area contributed by atoms with Crippen molar-refractivity contribution in [3.63, 3.8) is 0 Å². The Hall–Kier alpha value is -2.66. The minimum absolute atomic E-state index is 0.545. The summed E-state index contributed by atoms with van der Waals surface area (Å²) in [5, 5.41) is 0. The second kappa shape index (κ2) is 6.69. The van der Waals surface area contributed by atoms with Crippen molar-refractivity contribution in [1.29, 1.82) is 0 Å². The molecule has 4 rings (SSSR count). The number of morpholine rings is 1. The van der Waals surface area contributed by atoms with Crippen LogP contribution in [0.3, 0.4) is 0 Å². The maximum atomic E-state index is 6.15. The van der Waals surface area contributed by atoms with Gasteiger partial charge in [-0.15, -0.1) is 0 Å². The van der Waals surface area contributed by atoms with Crippen LogP contribution in [0.5, 0.6) is 11.6 Å². The van der Waals surface area contributed by atoms with Gasteiger partial charge in [-0.2, -0.15) is 0 Å². The number of anilines is 1. The maximum Gasteiger partial charge on any atom is 0.263 e. The van der Waals surface area contributed by atoms with E-state index in [2.05, 4.69) is 24.8 Å². The zero-order valence-corrected chi connectivity index (χ0v) is 14.5. The summed E-state index contributed by atoms with van der Waals surface area (Å²) in [5.41, 5.74) is 4.14. The molecular formula is C20H21N3O2. The zero-order chi connectivity index (χ0) is 17.2. The zero-order valence-electron chi connectivity index (χ0n) is 14.5. The fraction of sp³-hybridized carbons (Fsp3) is 0.300. The molecule has 1 saturated heterocycles. The van der Waals surface area contributed by atoms with Crippen molar-refractivity contribution in [2.45, 2.75) is 13.8 Å². The number of hydrogen-bond acceptors (Lipinski definition) is 5. The SMILES string of the molecule is Cc1ccc(Oc2nc3ccccc3nc2N2CCOCC2)cc1C. The van der Waals surface area contributed by atoms with E-state index in [9.17, 15) is 0 Å². The van der Waals surface area contributed by atoms with Crippen molar-refractivity contribution >= 4 is 16.9 Å². The van der Waals surface area contributed by atoms with Gasteiger partial charge in [0, 0.05) is 13.1 Å². The topological polar surface area (TPSA) is 47.5 Å². The van der Waals surface area contributed by atoms with Gasteiger partial charge in [0.05, 0.1) is 24.2 Å². The molecule has 5 heteroatoms. The van der Waals surface area contributed by atoms with Crippen molar-refractivity contribution in [1.82, 2.24) is 9.97 Å². The largest absolute Gasteiger partial charge is 0.436 e. The highest BCUT2D eigenvalue weighted by atomic mass is 16.5. The van der Waals surface area contributed by atoms with Crippen LogP contribution in [0, 0.1) is 13.8 Å². The van der Waals surface area contributed by atoms with E-state index in [0.717, 1.165) is 35.7 Å². The third-order valence-corrected chi connectivity index (χ3v) is 4.52. The normalized spacial score (nSPS) is 14.7. The molecule has 0 spiro atoms. The van der Waals surface area contributed by atoms with Crippen LogP contribution in [0.4, 0.5) is 5.82 Å². The Bertz CT molecular complexity index is 905. The smallest absolute Gasteiger partial charge is 0.263 e. The van der Waals surface area contributed by atoms with Gasteiger partial charge in [-0.3, -0.25) is 0 Å². The lowest BCUT2D eigenvalue weighted by Crippen LogP contribution is -2.37. The van der Waals surface area contributed by atoms with Crippen molar-refractivity contribution in [2.24, 2.45) is 0 Å². The predicted molar refractivity (Wildman–Crippen MR) is 98.6 cm³/mol. The Morgan fingerprint density at radius 2 is 1.64 bits per heavy atom. The molecular weight excluding hydrogens is 314 g/mol. The van der Waals surface area contributed by atoms with E-state index >= 15 is 0 Å². The standard InChI is InChI=1S/C20H21N3O2/c1-14-7-8-16(13-15(14)2)25-20-19(23-9-11-24-12-10-23)21-17-5-3-4-6-18(17)22-20/h3-8,13H,9-12H2,1-2H3. The highest BCUT2D eigenvalue weighted by molar-refractivity contribution is 5.77. The monoisotopic (exact) mass is 335 g/mol. The van der Waals surface area contributed by atoms with Crippen LogP contribution in [-0.4, -0.2) is 36.3 Å². The highest BCUT2D eigenvalue weighted by Crippen LogP contribution is 2.32. The van der Waals surface area contributed by atoms with E-state index in [-0.39, 0.29) is 0 Å². The van der Waals surface area contributed by atoms with E-state index in [4.69, 9.17) is 19.4 Å². The van der Waals surface area contributed by atoms with E-state index in [1.165, 1.54) is 11.1 Å². The molecule has 128 valence electrons. The molecule has 2 heterocycles. The number of aromatic nitrogens is 2.